The largest absolute Gasteiger partial charge is 0.356 e. The third kappa shape index (κ3) is 5.76. The highest BCUT2D eigenvalue weighted by Crippen LogP contribution is 2.35. The van der Waals surface area contributed by atoms with Crippen LogP contribution in [-0.4, -0.2) is 59.7 Å². The molecule has 2 saturated heterocycles. The standard InChI is InChI=1S/C30H33ClN6O3S/c1-20-18-37-28(32-29(20)35-15-13-22(19-35)21-8-4-3-5-9-21)17-26(33-37)27-10-6-7-14-36(27)30(38)24-16-23(31)11-12-25(24)34-41(2,39)40/h3-5,8-9,11-12,16-18,22,27,34H,6-7,10,13-15,19H2,1-2H3. The van der Waals surface area contributed by atoms with E-state index in [0.29, 0.717) is 17.5 Å². The SMILES string of the molecule is Cc1cn2nc(C3CCCCN3C(=O)c3cc(Cl)ccc3NS(C)(=O)=O)cc2nc1N1CCC(c2ccccc2)C1. The van der Waals surface area contributed by atoms with Crippen molar-refractivity contribution in [3.05, 3.63) is 88.2 Å². The Kier molecular flexibility index (Phi) is 7.37. The molecule has 0 bridgehead atoms. The Hall–Kier alpha value is -3.63. The number of carbonyl (C=O) groups excluding carboxylic acids is 1. The number of piperidine rings is 1. The van der Waals surface area contributed by atoms with E-state index in [2.05, 4.69) is 46.9 Å². The smallest absolute Gasteiger partial charge is 0.256 e. The molecule has 0 aliphatic carbocycles. The number of rotatable bonds is 6. The molecule has 0 spiro atoms. The zero-order valence-electron chi connectivity index (χ0n) is 23.1. The Balaban J connectivity index is 1.29. The number of benzene rings is 2. The second-order valence-electron chi connectivity index (χ2n) is 11.0. The van der Waals surface area contributed by atoms with Crippen LogP contribution in [0, 0.1) is 6.92 Å². The Morgan fingerprint density at radius 1 is 1.05 bits per heavy atom. The number of carbonyl (C=O) groups is 1. The molecule has 6 rings (SSSR count). The van der Waals surface area contributed by atoms with Crippen molar-refractivity contribution in [1.82, 2.24) is 19.5 Å². The van der Waals surface area contributed by atoms with Gasteiger partial charge in [-0.3, -0.25) is 9.52 Å². The number of aromatic nitrogens is 3. The molecule has 2 unspecified atom stereocenters. The monoisotopic (exact) mass is 592 g/mol. The van der Waals surface area contributed by atoms with E-state index in [1.807, 2.05) is 12.3 Å². The van der Waals surface area contributed by atoms with Gasteiger partial charge in [0.25, 0.3) is 5.91 Å². The van der Waals surface area contributed by atoms with Crippen LogP contribution in [-0.2, 0) is 10.0 Å². The van der Waals surface area contributed by atoms with E-state index < -0.39 is 10.0 Å². The van der Waals surface area contributed by atoms with E-state index in [0.717, 1.165) is 67.8 Å². The summed E-state index contributed by atoms with van der Waals surface area (Å²) in [5, 5.41) is 5.22. The summed E-state index contributed by atoms with van der Waals surface area (Å²) >= 11 is 6.23. The van der Waals surface area contributed by atoms with Crippen molar-refractivity contribution in [3.63, 3.8) is 0 Å². The van der Waals surface area contributed by atoms with E-state index in [9.17, 15) is 13.2 Å². The highest BCUT2D eigenvalue weighted by Gasteiger charge is 2.33. The molecule has 9 nitrogen and oxygen atoms in total. The molecule has 1 N–H and O–H groups in total. The summed E-state index contributed by atoms with van der Waals surface area (Å²) in [5.74, 6) is 1.16. The maximum Gasteiger partial charge on any atom is 0.256 e. The van der Waals surface area contributed by atoms with Crippen molar-refractivity contribution < 1.29 is 13.2 Å². The van der Waals surface area contributed by atoms with Crippen LogP contribution in [0.3, 0.4) is 0 Å². The summed E-state index contributed by atoms with van der Waals surface area (Å²) in [4.78, 5) is 23.0. The van der Waals surface area contributed by atoms with Crippen molar-refractivity contribution in [2.24, 2.45) is 0 Å². The lowest BCUT2D eigenvalue weighted by Gasteiger charge is -2.35. The summed E-state index contributed by atoms with van der Waals surface area (Å²) in [6.07, 6.45) is 6.71. The summed E-state index contributed by atoms with van der Waals surface area (Å²) in [6, 6.07) is 16.9. The maximum atomic E-state index is 13.9. The van der Waals surface area contributed by atoms with E-state index in [-0.39, 0.29) is 23.2 Å². The van der Waals surface area contributed by atoms with Crippen LogP contribution in [0.25, 0.3) is 5.65 Å². The van der Waals surface area contributed by atoms with Gasteiger partial charge in [0, 0.05) is 48.4 Å². The van der Waals surface area contributed by atoms with Crippen molar-refractivity contribution in [3.8, 4) is 0 Å². The molecular weight excluding hydrogens is 560 g/mol. The molecule has 2 aromatic carbocycles. The van der Waals surface area contributed by atoms with Gasteiger partial charge < -0.3 is 9.80 Å². The normalized spacial score (nSPS) is 19.6. The number of hydrogen-bond donors (Lipinski definition) is 1. The summed E-state index contributed by atoms with van der Waals surface area (Å²) in [6.45, 7) is 4.46. The van der Waals surface area contributed by atoms with E-state index >= 15 is 0 Å². The average molecular weight is 593 g/mol. The first kappa shape index (κ1) is 27.5. The molecule has 41 heavy (non-hydrogen) atoms. The van der Waals surface area contributed by atoms with Gasteiger partial charge in [0.1, 0.15) is 5.82 Å². The third-order valence-corrected chi connectivity index (χ3v) is 8.82. The van der Waals surface area contributed by atoms with Crippen molar-refractivity contribution in [1.29, 1.82) is 0 Å². The molecule has 11 heteroatoms. The topological polar surface area (TPSA) is 99.9 Å². The van der Waals surface area contributed by atoms with Crippen LogP contribution in [0.2, 0.25) is 5.02 Å². The lowest BCUT2D eigenvalue weighted by molar-refractivity contribution is 0.0607. The first-order valence-electron chi connectivity index (χ1n) is 13.9. The van der Waals surface area contributed by atoms with Gasteiger partial charge in [-0.05, 0) is 56.4 Å². The van der Waals surface area contributed by atoms with Crippen LogP contribution < -0.4 is 9.62 Å². The molecule has 2 atom stereocenters. The zero-order chi connectivity index (χ0) is 28.7. The van der Waals surface area contributed by atoms with Crippen molar-refractivity contribution in [2.45, 2.75) is 44.6 Å². The fraction of sp³-hybridized carbons (Fsp3) is 0.367. The number of amides is 1. The van der Waals surface area contributed by atoms with Gasteiger partial charge in [-0.2, -0.15) is 5.10 Å². The Labute approximate surface area is 245 Å². The minimum atomic E-state index is -3.59. The summed E-state index contributed by atoms with van der Waals surface area (Å²) < 4.78 is 28.2. The molecule has 0 radical (unpaired) electrons. The van der Waals surface area contributed by atoms with Gasteiger partial charge >= 0.3 is 0 Å². The number of aryl methyl sites for hydroxylation is 1. The lowest BCUT2D eigenvalue weighted by Crippen LogP contribution is -2.39. The molecule has 2 aliphatic heterocycles. The van der Waals surface area contributed by atoms with Crippen LogP contribution in [0.1, 0.15) is 64.8 Å². The molecule has 2 aromatic heterocycles. The van der Waals surface area contributed by atoms with E-state index in [1.54, 1.807) is 15.5 Å². The fourth-order valence-corrected chi connectivity index (χ4v) is 6.82. The van der Waals surface area contributed by atoms with Crippen LogP contribution in [0.5, 0.6) is 0 Å². The number of nitrogens with one attached hydrogen (secondary N) is 1. The number of hydrogen-bond acceptors (Lipinski definition) is 6. The minimum Gasteiger partial charge on any atom is -0.356 e. The molecular formula is C30H33ClN6O3S. The maximum absolute atomic E-state index is 13.9. The van der Waals surface area contributed by atoms with E-state index in [1.165, 1.54) is 17.7 Å². The Bertz CT molecular complexity index is 1710. The Morgan fingerprint density at radius 2 is 1.85 bits per heavy atom. The van der Waals surface area contributed by atoms with Gasteiger partial charge in [-0.1, -0.05) is 41.9 Å². The number of anilines is 2. The predicted molar refractivity (Wildman–Crippen MR) is 161 cm³/mol. The first-order chi connectivity index (χ1) is 19.7. The predicted octanol–water partition coefficient (Wildman–Crippen LogP) is 5.42. The van der Waals surface area contributed by atoms with Gasteiger partial charge in [0.05, 0.1) is 29.2 Å². The zero-order valence-corrected chi connectivity index (χ0v) is 24.7. The van der Waals surface area contributed by atoms with E-state index in [4.69, 9.17) is 21.7 Å². The highest BCUT2D eigenvalue weighted by atomic mass is 35.5. The molecule has 214 valence electrons. The number of sulfonamides is 1. The summed E-state index contributed by atoms with van der Waals surface area (Å²) in [7, 11) is -3.59. The quantitative estimate of drug-likeness (QED) is 0.321. The minimum absolute atomic E-state index is 0.211. The molecule has 0 saturated carbocycles. The summed E-state index contributed by atoms with van der Waals surface area (Å²) in [5.41, 5.74) is 4.35. The van der Waals surface area contributed by atoms with Crippen molar-refractivity contribution >= 4 is 44.7 Å². The molecule has 4 heterocycles. The Morgan fingerprint density at radius 3 is 2.63 bits per heavy atom. The second kappa shape index (κ2) is 11.0. The number of fused-ring (bicyclic) bond motifs is 1. The van der Waals surface area contributed by atoms with Gasteiger partial charge in [0.2, 0.25) is 10.0 Å². The molecule has 2 fully saturated rings. The van der Waals surface area contributed by atoms with Crippen molar-refractivity contribution in [2.75, 3.05) is 35.5 Å². The van der Waals surface area contributed by atoms with Gasteiger partial charge in [0.15, 0.2) is 5.65 Å². The number of halogens is 1. The average Bonchev–Trinajstić information content (AvgIpc) is 3.60. The van der Waals surface area contributed by atoms with Crippen LogP contribution >= 0.6 is 11.6 Å². The van der Waals surface area contributed by atoms with Gasteiger partial charge in [-0.25, -0.2) is 17.9 Å². The van der Waals surface area contributed by atoms with Gasteiger partial charge in [-0.15, -0.1) is 0 Å². The highest BCUT2D eigenvalue weighted by molar-refractivity contribution is 7.92. The fourth-order valence-electron chi connectivity index (χ4n) is 6.07. The molecule has 4 aromatic rings. The lowest BCUT2D eigenvalue weighted by atomic mass is 9.98. The molecule has 2 aliphatic rings. The van der Waals surface area contributed by atoms with Crippen LogP contribution in [0.4, 0.5) is 11.5 Å². The van der Waals surface area contributed by atoms with Crippen LogP contribution in [0.15, 0.2) is 60.8 Å². The third-order valence-electron chi connectivity index (χ3n) is 8.00. The number of likely N-dealkylation sites (tertiary alicyclic amines) is 1. The second-order valence-corrected chi connectivity index (χ2v) is 13.2. The molecule has 1 amide bonds. The number of nitrogens with zero attached hydrogens (tertiary/aromatic N) is 5. The first-order valence-corrected chi connectivity index (χ1v) is 16.2.